The summed E-state index contributed by atoms with van der Waals surface area (Å²) in [5.74, 6) is 2.26. The predicted octanol–water partition coefficient (Wildman–Crippen LogP) is 3.02. The quantitative estimate of drug-likeness (QED) is 0.461. The van der Waals surface area contributed by atoms with Gasteiger partial charge in [0, 0.05) is 19.6 Å². The van der Waals surface area contributed by atoms with Crippen molar-refractivity contribution in [3.63, 3.8) is 0 Å². The van der Waals surface area contributed by atoms with E-state index in [4.69, 9.17) is 4.74 Å². The topological polar surface area (TPSA) is 45.7 Å². The molecule has 0 aromatic heterocycles. The van der Waals surface area contributed by atoms with Gasteiger partial charge in [0.15, 0.2) is 5.96 Å². The van der Waals surface area contributed by atoms with E-state index >= 15 is 0 Å². The van der Waals surface area contributed by atoms with Gasteiger partial charge < -0.3 is 15.4 Å². The minimum atomic E-state index is 0. The largest absolute Gasteiger partial charge is 0.497 e. The summed E-state index contributed by atoms with van der Waals surface area (Å²) in [6, 6.07) is 8.40. The molecule has 0 aliphatic rings. The maximum Gasteiger partial charge on any atom is 0.191 e. The standard InChI is InChI=1S/C15H25N3O.HI/c1-11(2)12(3)18-15(16-4)17-10-13-7-6-8-14(9-13)19-5;/h6-9,11-12H,10H2,1-5H3,(H2,16,17,18);1H. The first-order valence-electron chi connectivity index (χ1n) is 6.67. The first kappa shape index (κ1) is 19.0. The van der Waals surface area contributed by atoms with Crippen LogP contribution in [-0.2, 0) is 6.54 Å². The number of nitrogens with zero attached hydrogens (tertiary/aromatic N) is 1. The average Bonchev–Trinajstić information content (AvgIpc) is 2.43. The minimum absolute atomic E-state index is 0. The van der Waals surface area contributed by atoms with E-state index in [0.717, 1.165) is 18.3 Å². The highest BCUT2D eigenvalue weighted by Crippen LogP contribution is 2.12. The second-order valence-electron chi connectivity index (χ2n) is 4.95. The molecular formula is C15H26IN3O. The Kier molecular flexibility index (Phi) is 9.37. The van der Waals surface area contributed by atoms with Gasteiger partial charge in [0.1, 0.15) is 5.75 Å². The lowest BCUT2D eigenvalue weighted by Crippen LogP contribution is -2.43. The summed E-state index contributed by atoms with van der Waals surface area (Å²) in [6.45, 7) is 7.25. The zero-order valence-corrected chi connectivity index (χ0v) is 15.3. The van der Waals surface area contributed by atoms with Crippen LogP contribution >= 0.6 is 24.0 Å². The van der Waals surface area contributed by atoms with Crippen LogP contribution in [0.3, 0.4) is 0 Å². The van der Waals surface area contributed by atoms with E-state index in [2.05, 4.69) is 42.5 Å². The van der Waals surface area contributed by atoms with Crippen LogP contribution in [0.25, 0.3) is 0 Å². The van der Waals surface area contributed by atoms with Crippen LogP contribution in [0.1, 0.15) is 26.3 Å². The number of nitrogens with one attached hydrogen (secondary N) is 2. The molecular weight excluding hydrogens is 365 g/mol. The fourth-order valence-corrected chi connectivity index (χ4v) is 1.55. The van der Waals surface area contributed by atoms with Crippen LogP contribution in [0.15, 0.2) is 29.3 Å². The van der Waals surface area contributed by atoms with Crippen LogP contribution in [0, 0.1) is 5.92 Å². The molecule has 0 fully saturated rings. The van der Waals surface area contributed by atoms with Gasteiger partial charge in [0.25, 0.3) is 0 Å². The molecule has 0 saturated carbocycles. The van der Waals surface area contributed by atoms with E-state index in [1.54, 1.807) is 14.2 Å². The molecule has 1 atom stereocenters. The molecule has 2 N–H and O–H groups in total. The number of hydrogen-bond donors (Lipinski definition) is 2. The summed E-state index contributed by atoms with van der Waals surface area (Å²) in [7, 11) is 3.46. The van der Waals surface area contributed by atoms with Gasteiger partial charge in [-0.05, 0) is 30.5 Å². The lowest BCUT2D eigenvalue weighted by Gasteiger charge is -2.20. The molecule has 0 bridgehead atoms. The third-order valence-electron chi connectivity index (χ3n) is 3.18. The van der Waals surface area contributed by atoms with Crippen LogP contribution < -0.4 is 15.4 Å². The van der Waals surface area contributed by atoms with Crippen molar-refractivity contribution in [3.8, 4) is 5.75 Å². The Hall–Kier alpha value is -0.980. The SMILES string of the molecule is CN=C(NCc1cccc(OC)c1)NC(C)C(C)C.I. The number of benzene rings is 1. The molecule has 4 nitrogen and oxygen atoms in total. The molecule has 114 valence electrons. The number of aliphatic imine (C=N–C) groups is 1. The van der Waals surface area contributed by atoms with Gasteiger partial charge in [-0.2, -0.15) is 0 Å². The number of guanidine groups is 1. The van der Waals surface area contributed by atoms with Crippen molar-refractivity contribution in [3.05, 3.63) is 29.8 Å². The second-order valence-corrected chi connectivity index (χ2v) is 4.95. The molecule has 1 aromatic rings. The van der Waals surface area contributed by atoms with Crippen LogP contribution in [-0.4, -0.2) is 26.2 Å². The third-order valence-corrected chi connectivity index (χ3v) is 3.18. The number of halogens is 1. The number of methoxy groups -OCH3 is 1. The summed E-state index contributed by atoms with van der Waals surface area (Å²) >= 11 is 0. The Morgan fingerprint density at radius 2 is 2.00 bits per heavy atom. The van der Waals surface area contributed by atoms with Crippen molar-refractivity contribution < 1.29 is 4.74 Å². The van der Waals surface area contributed by atoms with Crippen LogP contribution in [0.2, 0.25) is 0 Å². The van der Waals surface area contributed by atoms with Crippen LogP contribution in [0.4, 0.5) is 0 Å². The van der Waals surface area contributed by atoms with Crippen molar-refractivity contribution in [1.82, 2.24) is 10.6 Å². The molecule has 0 aliphatic heterocycles. The van der Waals surface area contributed by atoms with Crippen molar-refractivity contribution in [1.29, 1.82) is 0 Å². The third kappa shape index (κ3) is 6.45. The molecule has 0 heterocycles. The van der Waals surface area contributed by atoms with E-state index < -0.39 is 0 Å². The maximum atomic E-state index is 5.21. The molecule has 0 radical (unpaired) electrons. The fraction of sp³-hybridized carbons (Fsp3) is 0.533. The van der Waals surface area contributed by atoms with Crippen molar-refractivity contribution in [2.24, 2.45) is 10.9 Å². The highest BCUT2D eigenvalue weighted by Gasteiger charge is 2.08. The van der Waals surface area contributed by atoms with Gasteiger partial charge in [0.2, 0.25) is 0 Å². The summed E-state index contributed by atoms with van der Waals surface area (Å²) in [6.07, 6.45) is 0. The smallest absolute Gasteiger partial charge is 0.191 e. The second kappa shape index (κ2) is 9.85. The predicted molar refractivity (Wildman–Crippen MR) is 96.0 cm³/mol. The van der Waals surface area contributed by atoms with Gasteiger partial charge in [-0.3, -0.25) is 4.99 Å². The zero-order chi connectivity index (χ0) is 14.3. The Balaban J connectivity index is 0.00000361. The number of ether oxygens (including phenoxy) is 1. The Bertz CT molecular complexity index is 421. The van der Waals surface area contributed by atoms with E-state index in [-0.39, 0.29) is 24.0 Å². The van der Waals surface area contributed by atoms with Gasteiger partial charge >= 0.3 is 0 Å². The zero-order valence-electron chi connectivity index (χ0n) is 12.9. The molecule has 0 spiro atoms. The summed E-state index contributed by atoms with van der Waals surface area (Å²) in [5.41, 5.74) is 1.17. The number of hydrogen-bond acceptors (Lipinski definition) is 2. The van der Waals surface area contributed by atoms with Gasteiger partial charge in [-0.1, -0.05) is 26.0 Å². The molecule has 1 aromatic carbocycles. The highest BCUT2D eigenvalue weighted by atomic mass is 127. The maximum absolute atomic E-state index is 5.21. The first-order chi connectivity index (χ1) is 9.06. The first-order valence-corrected chi connectivity index (χ1v) is 6.67. The lowest BCUT2D eigenvalue weighted by molar-refractivity contribution is 0.414. The molecule has 20 heavy (non-hydrogen) atoms. The van der Waals surface area contributed by atoms with Crippen molar-refractivity contribution in [2.45, 2.75) is 33.4 Å². The molecule has 0 saturated heterocycles. The molecule has 5 heteroatoms. The Morgan fingerprint density at radius 1 is 1.30 bits per heavy atom. The van der Waals surface area contributed by atoms with Gasteiger partial charge in [-0.15, -0.1) is 24.0 Å². The molecule has 1 rings (SSSR count). The van der Waals surface area contributed by atoms with Gasteiger partial charge in [0.05, 0.1) is 7.11 Å². The molecule has 0 amide bonds. The van der Waals surface area contributed by atoms with Crippen molar-refractivity contribution in [2.75, 3.05) is 14.2 Å². The normalized spacial score (nSPS) is 12.6. The minimum Gasteiger partial charge on any atom is -0.497 e. The fourth-order valence-electron chi connectivity index (χ4n) is 1.55. The van der Waals surface area contributed by atoms with E-state index in [9.17, 15) is 0 Å². The van der Waals surface area contributed by atoms with Crippen LogP contribution in [0.5, 0.6) is 5.75 Å². The summed E-state index contributed by atoms with van der Waals surface area (Å²) < 4.78 is 5.21. The summed E-state index contributed by atoms with van der Waals surface area (Å²) in [4.78, 5) is 4.23. The molecule has 0 aliphatic carbocycles. The molecule has 1 unspecified atom stereocenters. The number of rotatable bonds is 5. The Morgan fingerprint density at radius 3 is 2.55 bits per heavy atom. The lowest BCUT2D eigenvalue weighted by atomic mass is 10.1. The highest BCUT2D eigenvalue weighted by molar-refractivity contribution is 14.0. The van der Waals surface area contributed by atoms with E-state index in [0.29, 0.717) is 12.0 Å². The monoisotopic (exact) mass is 391 g/mol. The van der Waals surface area contributed by atoms with Gasteiger partial charge in [-0.25, -0.2) is 0 Å². The van der Waals surface area contributed by atoms with E-state index in [1.165, 1.54) is 5.56 Å². The summed E-state index contributed by atoms with van der Waals surface area (Å²) in [5, 5.41) is 6.68. The van der Waals surface area contributed by atoms with E-state index in [1.807, 2.05) is 18.2 Å². The Labute approximate surface area is 139 Å². The average molecular weight is 391 g/mol. The van der Waals surface area contributed by atoms with Crippen molar-refractivity contribution >= 4 is 29.9 Å².